The van der Waals surface area contributed by atoms with E-state index >= 15 is 0 Å². The highest BCUT2D eigenvalue weighted by Gasteiger charge is 2.19. The minimum absolute atomic E-state index is 0.188. The molecule has 1 fully saturated rings. The van der Waals surface area contributed by atoms with Gasteiger partial charge in [-0.1, -0.05) is 18.2 Å². The molecule has 0 spiro atoms. The largest absolute Gasteiger partial charge is 0.545 e. The van der Waals surface area contributed by atoms with Crippen LogP contribution in [0.2, 0.25) is 0 Å². The lowest BCUT2D eigenvalue weighted by molar-refractivity contribution is -0.876. The molecule has 110 valence electrons. The van der Waals surface area contributed by atoms with E-state index in [2.05, 4.69) is 16.9 Å². The standard InChI is InChI=1S/C16H19N3O2/c1-18-7-4-8-19(10-9-18)15-13(16(20)21)11-12-5-2-3-6-14(12)17-15/h2-3,5-6,11H,4,7-10H2,1H3,(H,20,21). The summed E-state index contributed by atoms with van der Waals surface area (Å²) in [6, 6.07) is 9.26. The number of aromatic carboxylic acids is 1. The number of aromatic nitrogens is 1. The van der Waals surface area contributed by atoms with Crippen molar-refractivity contribution in [3.05, 3.63) is 35.9 Å². The number of carboxylic acid groups (broad SMARTS) is 1. The van der Waals surface area contributed by atoms with Crippen molar-refractivity contribution in [2.75, 3.05) is 38.1 Å². The summed E-state index contributed by atoms with van der Waals surface area (Å²) in [5.74, 6) is -0.614. The van der Waals surface area contributed by atoms with E-state index in [1.807, 2.05) is 24.3 Å². The third-order valence-electron chi connectivity index (χ3n) is 4.06. The Bertz CT molecular complexity index is 672. The Balaban J connectivity index is 2.06. The zero-order valence-corrected chi connectivity index (χ0v) is 12.1. The predicted octanol–water partition coefficient (Wildman–Crippen LogP) is -0.677. The summed E-state index contributed by atoms with van der Waals surface area (Å²) in [6.07, 6.45) is 1.03. The highest BCUT2D eigenvalue weighted by atomic mass is 16.4. The second kappa shape index (κ2) is 5.69. The van der Waals surface area contributed by atoms with E-state index < -0.39 is 5.97 Å². The Morgan fingerprint density at radius 3 is 2.90 bits per heavy atom. The molecule has 0 bridgehead atoms. The molecule has 2 aromatic rings. The lowest BCUT2D eigenvalue weighted by atomic mass is 10.1. The van der Waals surface area contributed by atoms with Crippen LogP contribution in [0, 0.1) is 0 Å². The Morgan fingerprint density at radius 2 is 2.10 bits per heavy atom. The van der Waals surface area contributed by atoms with Gasteiger partial charge in [0.15, 0.2) is 0 Å². The molecule has 0 aliphatic carbocycles. The van der Waals surface area contributed by atoms with E-state index in [0.29, 0.717) is 5.82 Å². The van der Waals surface area contributed by atoms with Gasteiger partial charge in [0.1, 0.15) is 5.82 Å². The first kappa shape index (κ1) is 13.8. The molecule has 1 atom stereocenters. The monoisotopic (exact) mass is 285 g/mol. The van der Waals surface area contributed by atoms with Crippen molar-refractivity contribution in [3.63, 3.8) is 0 Å². The van der Waals surface area contributed by atoms with Crippen LogP contribution in [0.15, 0.2) is 30.3 Å². The number of anilines is 1. The van der Waals surface area contributed by atoms with Gasteiger partial charge in [-0.25, -0.2) is 4.98 Å². The highest BCUT2D eigenvalue weighted by molar-refractivity contribution is 5.97. The van der Waals surface area contributed by atoms with Crippen LogP contribution in [0.5, 0.6) is 0 Å². The van der Waals surface area contributed by atoms with Gasteiger partial charge in [0, 0.05) is 23.9 Å². The second-order valence-electron chi connectivity index (χ2n) is 5.64. The lowest BCUT2D eigenvalue weighted by Gasteiger charge is -2.24. The van der Waals surface area contributed by atoms with Crippen molar-refractivity contribution in [1.82, 2.24) is 4.98 Å². The van der Waals surface area contributed by atoms with E-state index in [1.165, 1.54) is 4.90 Å². The summed E-state index contributed by atoms with van der Waals surface area (Å²) in [5.41, 5.74) is 1.01. The van der Waals surface area contributed by atoms with Gasteiger partial charge in [-0.15, -0.1) is 0 Å². The van der Waals surface area contributed by atoms with Crippen LogP contribution >= 0.6 is 0 Å². The van der Waals surface area contributed by atoms with Crippen LogP contribution in [0.25, 0.3) is 10.9 Å². The third kappa shape index (κ3) is 2.83. The highest BCUT2D eigenvalue weighted by Crippen LogP contribution is 2.23. The first-order valence-corrected chi connectivity index (χ1v) is 7.32. The molecular formula is C16H19N3O2. The lowest BCUT2D eigenvalue weighted by Crippen LogP contribution is -3.09. The van der Waals surface area contributed by atoms with E-state index in [4.69, 9.17) is 0 Å². The molecule has 1 N–H and O–H groups in total. The van der Waals surface area contributed by atoms with Crippen LogP contribution in [0.4, 0.5) is 5.82 Å². The summed E-state index contributed by atoms with van der Waals surface area (Å²) in [6.45, 7) is 3.74. The van der Waals surface area contributed by atoms with Crippen LogP contribution in [-0.2, 0) is 0 Å². The summed E-state index contributed by atoms with van der Waals surface area (Å²) < 4.78 is 0. The first-order chi connectivity index (χ1) is 10.1. The third-order valence-corrected chi connectivity index (χ3v) is 4.06. The molecule has 1 unspecified atom stereocenters. The fourth-order valence-corrected chi connectivity index (χ4v) is 2.84. The van der Waals surface area contributed by atoms with E-state index in [1.54, 1.807) is 6.07 Å². The van der Waals surface area contributed by atoms with Crippen molar-refractivity contribution in [2.45, 2.75) is 6.42 Å². The van der Waals surface area contributed by atoms with Gasteiger partial charge >= 0.3 is 0 Å². The number of carbonyl (C=O) groups is 1. The average molecular weight is 285 g/mol. The summed E-state index contributed by atoms with van der Waals surface area (Å²) in [4.78, 5) is 19.6. The van der Waals surface area contributed by atoms with Gasteiger partial charge in [0.2, 0.25) is 0 Å². The van der Waals surface area contributed by atoms with Crippen LogP contribution in [0.3, 0.4) is 0 Å². The Hall–Kier alpha value is -2.14. The number of fused-ring (bicyclic) bond motifs is 1. The molecule has 0 amide bonds. The number of pyridine rings is 1. The van der Waals surface area contributed by atoms with Crippen molar-refractivity contribution in [3.8, 4) is 0 Å². The fraction of sp³-hybridized carbons (Fsp3) is 0.375. The molecule has 21 heavy (non-hydrogen) atoms. The van der Waals surface area contributed by atoms with E-state index in [9.17, 15) is 9.90 Å². The number of hydrogen-bond acceptors (Lipinski definition) is 4. The Kier molecular flexibility index (Phi) is 3.75. The number of hydrogen-bond donors (Lipinski definition) is 1. The second-order valence-corrected chi connectivity index (χ2v) is 5.64. The smallest absolute Gasteiger partial charge is 0.138 e. The fourth-order valence-electron chi connectivity index (χ4n) is 2.84. The average Bonchev–Trinajstić information content (AvgIpc) is 2.70. The van der Waals surface area contributed by atoms with E-state index in [0.717, 1.165) is 43.5 Å². The summed E-state index contributed by atoms with van der Waals surface area (Å²) >= 11 is 0. The summed E-state index contributed by atoms with van der Waals surface area (Å²) in [5, 5.41) is 12.3. The zero-order chi connectivity index (χ0) is 14.8. The number of benzene rings is 1. The molecule has 2 heterocycles. The minimum atomic E-state index is -1.16. The number of nitrogens with zero attached hydrogens (tertiary/aromatic N) is 2. The Morgan fingerprint density at radius 1 is 1.29 bits per heavy atom. The maximum absolute atomic E-state index is 11.5. The molecule has 1 aliphatic rings. The van der Waals surface area contributed by atoms with Gasteiger partial charge in [-0.2, -0.15) is 0 Å². The Labute approximate surface area is 123 Å². The molecule has 3 rings (SSSR count). The van der Waals surface area contributed by atoms with Gasteiger partial charge in [-0.3, -0.25) is 0 Å². The van der Waals surface area contributed by atoms with Crippen LogP contribution in [0.1, 0.15) is 16.8 Å². The van der Waals surface area contributed by atoms with E-state index in [-0.39, 0.29) is 5.56 Å². The predicted molar refractivity (Wildman–Crippen MR) is 79.5 cm³/mol. The number of carboxylic acids is 1. The molecule has 0 radical (unpaired) electrons. The minimum Gasteiger partial charge on any atom is -0.545 e. The quantitative estimate of drug-likeness (QED) is 0.794. The van der Waals surface area contributed by atoms with Gasteiger partial charge in [-0.05, 0) is 12.1 Å². The number of nitrogens with one attached hydrogen (secondary N) is 1. The SMILES string of the molecule is C[NH+]1CCCN(c2nc3ccccc3cc2C(=O)[O-])CC1. The van der Waals surface area contributed by atoms with Gasteiger partial charge in [0.05, 0.1) is 38.2 Å². The molecule has 5 nitrogen and oxygen atoms in total. The molecule has 1 aliphatic heterocycles. The van der Waals surface area contributed by atoms with Crippen molar-refractivity contribution in [1.29, 1.82) is 0 Å². The number of para-hydroxylation sites is 1. The number of rotatable bonds is 2. The molecule has 1 aromatic carbocycles. The summed E-state index contributed by atoms with van der Waals surface area (Å²) in [7, 11) is 2.16. The maximum atomic E-state index is 11.5. The van der Waals surface area contributed by atoms with Crippen LogP contribution < -0.4 is 14.9 Å². The first-order valence-electron chi connectivity index (χ1n) is 7.32. The zero-order valence-electron chi connectivity index (χ0n) is 12.1. The maximum Gasteiger partial charge on any atom is 0.138 e. The number of quaternary nitrogens is 1. The molecule has 5 heteroatoms. The molecule has 1 saturated heterocycles. The van der Waals surface area contributed by atoms with Crippen molar-refractivity contribution < 1.29 is 14.8 Å². The van der Waals surface area contributed by atoms with Crippen LogP contribution in [-0.4, -0.2) is 44.2 Å². The molecule has 1 aromatic heterocycles. The molecule has 0 saturated carbocycles. The topological polar surface area (TPSA) is 60.7 Å². The number of carbonyl (C=O) groups excluding carboxylic acids is 1. The van der Waals surface area contributed by atoms with Crippen molar-refractivity contribution in [2.24, 2.45) is 0 Å². The van der Waals surface area contributed by atoms with Crippen molar-refractivity contribution >= 4 is 22.7 Å². The van der Waals surface area contributed by atoms with Gasteiger partial charge in [0.25, 0.3) is 0 Å². The number of likely N-dealkylation sites (N-methyl/N-ethyl adjacent to an activating group) is 1. The van der Waals surface area contributed by atoms with Gasteiger partial charge < -0.3 is 19.7 Å². The normalized spacial score (nSPS) is 19.5. The molecular weight excluding hydrogens is 266 g/mol.